The van der Waals surface area contributed by atoms with E-state index >= 15 is 0 Å². The lowest BCUT2D eigenvalue weighted by Crippen LogP contribution is -2.42. The van der Waals surface area contributed by atoms with Crippen molar-refractivity contribution in [2.45, 2.75) is 38.2 Å². The summed E-state index contributed by atoms with van der Waals surface area (Å²) in [5.41, 5.74) is 1.38. The molecular formula is C17H20F2N2OS. The molecule has 2 atom stereocenters. The maximum absolute atomic E-state index is 14.2. The van der Waals surface area contributed by atoms with Crippen molar-refractivity contribution < 1.29 is 13.3 Å². The molecule has 0 spiro atoms. The second-order valence-electron chi connectivity index (χ2n) is 6.18. The molecule has 1 N–H and O–H groups in total. The maximum atomic E-state index is 14.2. The molecule has 1 unspecified atom stereocenters. The third-order valence-electron chi connectivity index (χ3n) is 3.31. The van der Waals surface area contributed by atoms with Crippen LogP contribution in [-0.4, -0.2) is 14.3 Å². The minimum atomic E-state index is -1.41. The first-order valence-corrected chi connectivity index (χ1v) is 8.41. The molecule has 1 aromatic heterocycles. The highest BCUT2D eigenvalue weighted by Gasteiger charge is 2.32. The van der Waals surface area contributed by atoms with Crippen molar-refractivity contribution in [1.82, 2.24) is 9.71 Å². The van der Waals surface area contributed by atoms with Crippen LogP contribution in [0, 0.1) is 5.82 Å². The number of pyridine rings is 1. The number of nitrogens with one attached hydrogen (secondary N) is 1. The molecule has 0 saturated heterocycles. The quantitative estimate of drug-likeness (QED) is 0.843. The summed E-state index contributed by atoms with van der Waals surface area (Å²) in [6.45, 7) is 4.92. The third kappa shape index (κ3) is 4.50. The number of hydrogen-bond acceptors (Lipinski definition) is 3. The molecule has 0 radical (unpaired) electrons. The molecule has 23 heavy (non-hydrogen) atoms. The zero-order valence-corrected chi connectivity index (χ0v) is 14.2. The van der Waals surface area contributed by atoms with Gasteiger partial charge in [-0.2, -0.15) is 0 Å². The summed E-state index contributed by atoms with van der Waals surface area (Å²) in [6.07, 6.45) is 1.49. The van der Waals surface area contributed by atoms with Crippen LogP contribution in [-0.2, 0) is 18.0 Å². The number of aromatic nitrogens is 1. The van der Waals surface area contributed by atoms with Crippen LogP contribution in [0.15, 0.2) is 42.6 Å². The topological polar surface area (TPSA) is 48.0 Å². The van der Waals surface area contributed by atoms with Crippen LogP contribution in [0.2, 0.25) is 0 Å². The molecule has 3 nitrogen and oxygen atoms in total. The fourth-order valence-corrected chi connectivity index (χ4v) is 2.79. The van der Waals surface area contributed by atoms with E-state index in [1.807, 2.05) is 20.8 Å². The van der Waals surface area contributed by atoms with Gasteiger partial charge in [0.2, 0.25) is 0 Å². The van der Waals surface area contributed by atoms with Crippen molar-refractivity contribution >= 4 is 11.4 Å². The Morgan fingerprint density at radius 3 is 2.39 bits per heavy atom. The summed E-state index contributed by atoms with van der Waals surface area (Å²) in [4.78, 5) is 4.09. The first kappa shape index (κ1) is 17.8. The highest BCUT2D eigenvalue weighted by molar-refractivity contribution is 7.90. The van der Waals surface area contributed by atoms with Crippen LogP contribution in [0.1, 0.15) is 43.6 Å². The Hall–Kier alpha value is -1.50. The van der Waals surface area contributed by atoms with Gasteiger partial charge in [-0.3, -0.25) is 4.98 Å². The maximum Gasteiger partial charge on any atom is 0.146 e. The van der Waals surface area contributed by atoms with E-state index in [0.717, 1.165) is 0 Å². The molecule has 1 aromatic carbocycles. The van der Waals surface area contributed by atoms with E-state index in [1.54, 1.807) is 24.3 Å². The molecule has 6 heteroatoms. The SMILES string of the molecule is CC(C)(C)[S+]([O-])N[C@@H](c1ccc(CF)cc1)c1ncccc1F. The standard InChI is InChI=1S/C17H20F2N2OS/c1-17(2,3)23(22)21-15(16-14(19)5-4-10-20-16)13-8-6-12(11-18)7-9-13/h4-10,15,21H,11H2,1-3H3/t15-,23?/m0/s1. The van der Waals surface area contributed by atoms with Gasteiger partial charge in [0.05, 0.1) is 0 Å². The summed E-state index contributed by atoms with van der Waals surface area (Å²) < 4.78 is 41.7. The first-order valence-electron chi connectivity index (χ1n) is 7.26. The van der Waals surface area contributed by atoms with E-state index in [1.165, 1.54) is 18.3 Å². The van der Waals surface area contributed by atoms with Gasteiger partial charge in [-0.05, 0) is 44.0 Å². The van der Waals surface area contributed by atoms with E-state index in [0.29, 0.717) is 11.1 Å². The molecule has 1 heterocycles. The molecular weight excluding hydrogens is 318 g/mol. The van der Waals surface area contributed by atoms with Gasteiger partial charge in [0.1, 0.15) is 29.0 Å². The monoisotopic (exact) mass is 338 g/mol. The van der Waals surface area contributed by atoms with Gasteiger partial charge >= 0.3 is 0 Å². The summed E-state index contributed by atoms with van der Waals surface area (Å²) in [6, 6.07) is 8.79. The van der Waals surface area contributed by atoms with Crippen LogP contribution in [0.25, 0.3) is 0 Å². The van der Waals surface area contributed by atoms with Crippen molar-refractivity contribution in [3.05, 3.63) is 65.2 Å². The lowest BCUT2D eigenvalue weighted by atomic mass is 10.0. The van der Waals surface area contributed by atoms with Gasteiger partial charge in [-0.15, -0.1) is 4.72 Å². The van der Waals surface area contributed by atoms with Crippen molar-refractivity contribution in [2.75, 3.05) is 0 Å². The lowest BCUT2D eigenvalue weighted by Gasteiger charge is -2.28. The molecule has 0 bridgehead atoms. The number of halogens is 2. The van der Waals surface area contributed by atoms with Crippen LogP contribution in [0.4, 0.5) is 8.78 Å². The summed E-state index contributed by atoms with van der Waals surface area (Å²) >= 11 is -1.41. The molecule has 0 fully saturated rings. The largest absolute Gasteiger partial charge is 0.598 e. The van der Waals surface area contributed by atoms with E-state index in [2.05, 4.69) is 9.71 Å². The molecule has 0 aliphatic heterocycles. The van der Waals surface area contributed by atoms with Gasteiger partial charge in [-0.1, -0.05) is 24.3 Å². The van der Waals surface area contributed by atoms with Crippen molar-refractivity contribution in [2.24, 2.45) is 0 Å². The fourth-order valence-electron chi connectivity index (χ4n) is 1.98. The third-order valence-corrected chi connectivity index (χ3v) is 4.87. The van der Waals surface area contributed by atoms with E-state index in [9.17, 15) is 13.3 Å². The highest BCUT2D eigenvalue weighted by Crippen LogP contribution is 2.26. The average molecular weight is 338 g/mol. The fraction of sp³-hybridized carbons (Fsp3) is 0.353. The van der Waals surface area contributed by atoms with E-state index in [4.69, 9.17) is 0 Å². The Balaban J connectivity index is 2.40. The van der Waals surface area contributed by atoms with Gasteiger partial charge in [0.25, 0.3) is 0 Å². The number of hydrogen-bond donors (Lipinski definition) is 1. The number of benzene rings is 1. The minimum absolute atomic E-state index is 0.165. The second kappa shape index (κ2) is 7.38. The molecule has 2 aromatic rings. The molecule has 124 valence electrons. The Morgan fingerprint density at radius 2 is 1.87 bits per heavy atom. The lowest BCUT2D eigenvalue weighted by molar-refractivity contribution is 0.485. The molecule has 2 rings (SSSR count). The summed E-state index contributed by atoms with van der Waals surface area (Å²) in [7, 11) is 0. The smallest absolute Gasteiger partial charge is 0.146 e. The molecule has 0 saturated carbocycles. The van der Waals surface area contributed by atoms with Crippen molar-refractivity contribution in [1.29, 1.82) is 0 Å². The van der Waals surface area contributed by atoms with Gasteiger partial charge in [0.15, 0.2) is 0 Å². The summed E-state index contributed by atoms with van der Waals surface area (Å²) in [5, 5.41) is 0. The number of alkyl halides is 1. The Kier molecular flexibility index (Phi) is 5.73. The second-order valence-corrected chi connectivity index (χ2v) is 8.18. The van der Waals surface area contributed by atoms with Crippen LogP contribution in [0.3, 0.4) is 0 Å². The molecule has 0 aliphatic carbocycles. The molecule has 0 amide bonds. The first-order chi connectivity index (χ1) is 10.8. The average Bonchev–Trinajstić information content (AvgIpc) is 2.52. The predicted octanol–water partition coefficient (Wildman–Crippen LogP) is 3.83. The van der Waals surface area contributed by atoms with Gasteiger partial charge in [0, 0.05) is 17.6 Å². The summed E-state index contributed by atoms with van der Waals surface area (Å²) in [5.74, 6) is -0.481. The van der Waals surface area contributed by atoms with Crippen LogP contribution in [0.5, 0.6) is 0 Å². The number of nitrogens with zero attached hydrogens (tertiary/aromatic N) is 1. The zero-order chi connectivity index (χ0) is 17.0. The molecule has 0 aliphatic rings. The minimum Gasteiger partial charge on any atom is -0.598 e. The normalized spacial score (nSPS) is 14.5. The van der Waals surface area contributed by atoms with Crippen LogP contribution >= 0.6 is 0 Å². The van der Waals surface area contributed by atoms with Crippen molar-refractivity contribution in [3.63, 3.8) is 0 Å². The Morgan fingerprint density at radius 1 is 1.22 bits per heavy atom. The zero-order valence-electron chi connectivity index (χ0n) is 13.3. The van der Waals surface area contributed by atoms with Gasteiger partial charge in [-0.25, -0.2) is 8.78 Å². The van der Waals surface area contributed by atoms with Crippen LogP contribution < -0.4 is 4.72 Å². The Bertz CT molecular complexity index is 644. The highest BCUT2D eigenvalue weighted by atomic mass is 32.2. The van der Waals surface area contributed by atoms with Crippen molar-refractivity contribution in [3.8, 4) is 0 Å². The Labute approximate surface area is 138 Å². The number of rotatable bonds is 5. The van der Waals surface area contributed by atoms with E-state index in [-0.39, 0.29) is 5.69 Å². The van der Waals surface area contributed by atoms with Gasteiger partial charge < -0.3 is 4.55 Å². The predicted molar refractivity (Wildman–Crippen MR) is 88.3 cm³/mol. The van der Waals surface area contributed by atoms with E-state index < -0.39 is 34.6 Å².